The van der Waals surface area contributed by atoms with Crippen molar-refractivity contribution in [2.24, 2.45) is 0 Å². The average Bonchev–Trinajstić information content (AvgIpc) is 2.77. The summed E-state index contributed by atoms with van der Waals surface area (Å²) in [6.45, 7) is 0.964. The number of rotatable bonds is 4. The number of aliphatic hydroxyl groups is 1. The van der Waals surface area contributed by atoms with E-state index in [-0.39, 0.29) is 6.10 Å². The van der Waals surface area contributed by atoms with E-state index in [1.807, 2.05) is 6.08 Å². The summed E-state index contributed by atoms with van der Waals surface area (Å²) in [4.78, 5) is 0. The Morgan fingerprint density at radius 3 is 3.00 bits per heavy atom. The van der Waals surface area contributed by atoms with Gasteiger partial charge in [-0.1, -0.05) is 11.6 Å². The summed E-state index contributed by atoms with van der Waals surface area (Å²) in [6.07, 6.45) is 10.5. The normalized spacial score (nSPS) is 32.2. The van der Waals surface area contributed by atoms with Crippen LogP contribution in [0.15, 0.2) is 11.6 Å². The van der Waals surface area contributed by atoms with Gasteiger partial charge >= 0.3 is 0 Å². The standard InChI is InChI=1S/C12H20O2/c13-11-7-6-10(9-11)3-1-4-12-5-2-8-14-12/h9,11-13H,1-8H2. The lowest BCUT2D eigenvalue weighted by molar-refractivity contribution is 0.102. The average molecular weight is 196 g/mol. The zero-order valence-electron chi connectivity index (χ0n) is 8.74. The molecule has 1 aliphatic heterocycles. The SMILES string of the molecule is OC1C=C(CCCC2CCCO2)CC1. The van der Waals surface area contributed by atoms with Crippen LogP contribution in [0.3, 0.4) is 0 Å². The van der Waals surface area contributed by atoms with Crippen molar-refractivity contribution >= 4 is 0 Å². The molecule has 0 aromatic rings. The van der Waals surface area contributed by atoms with Crippen LogP contribution >= 0.6 is 0 Å². The van der Waals surface area contributed by atoms with Gasteiger partial charge in [0.1, 0.15) is 0 Å². The van der Waals surface area contributed by atoms with Crippen LogP contribution in [0.25, 0.3) is 0 Å². The Kier molecular flexibility index (Phi) is 3.60. The molecule has 2 nitrogen and oxygen atoms in total. The summed E-state index contributed by atoms with van der Waals surface area (Å²) in [5.74, 6) is 0. The minimum Gasteiger partial charge on any atom is -0.389 e. The van der Waals surface area contributed by atoms with E-state index in [1.165, 1.54) is 31.3 Å². The lowest BCUT2D eigenvalue weighted by Gasteiger charge is -2.08. The summed E-state index contributed by atoms with van der Waals surface area (Å²) >= 11 is 0. The van der Waals surface area contributed by atoms with Gasteiger partial charge < -0.3 is 9.84 Å². The molecule has 2 atom stereocenters. The van der Waals surface area contributed by atoms with Gasteiger partial charge in [0.2, 0.25) is 0 Å². The zero-order chi connectivity index (χ0) is 9.80. The van der Waals surface area contributed by atoms with Crippen molar-refractivity contribution in [1.82, 2.24) is 0 Å². The van der Waals surface area contributed by atoms with Crippen LogP contribution < -0.4 is 0 Å². The molecule has 1 N–H and O–H groups in total. The number of hydrogen-bond acceptors (Lipinski definition) is 2. The van der Waals surface area contributed by atoms with Gasteiger partial charge in [-0.2, -0.15) is 0 Å². The molecule has 80 valence electrons. The van der Waals surface area contributed by atoms with Gasteiger partial charge in [0.15, 0.2) is 0 Å². The second-order valence-electron chi connectivity index (χ2n) is 4.46. The summed E-state index contributed by atoms with van der Waals surface area (Å²) < 4.78 is 5.57. The minimum atomic E-state index is -0.160. The molecule has 1 fully saturated rings. The van der Waals surface area contributed by atoms with Crippen molar-refractivity contribution in [2.75, 3.05) is 6.61 Å². The molecule has 0 bridgehead atoms. The van der Waals surface area contributed by atoms with Crippen LogP contribution in [0.1, 0.15) is 44.9 Å². The largest absolute Gasteiger partial charge is 0.389 e. The first-order valence-corrected chi connectivity index (χ1v) is 5.84. The van der Waals surface area contributed by atoms with E-state index in [0.717, 1.165) is 25.9 Å². The first-order chi connectivity index (χ1) is 6.84. The Balaban J connectivity index is 1.60. The molecular weight excluding hydrogens is 176 g/mol. The third-order valence-electron chi connectivity index (χ3n) is 3.24. The van der Waals surface area contributed by atoms with Crippen molar-refractivity contribution in [3.8, 4) is 0 Å². The molecule has 2 rings (SSSR count). The van der Waals surface area contributed by atoms with Crippen molar-refractivity contribution in [2.45, 2.75) is 57.2 Å². The fourth-order valence-electron chi connectivity index (χ4n) is 2.41. The smallest absolute Gasteiger partial charge is 0.0726 e. The highest BCUT2D eigenvalue weighted by atomic mass is 16.5. The van der Waals surface area contributed by atoms with Gasteiger partial charge in [0.25, 0.3) is 0 Å². The second-order valence-corrected chi connectivity index (χ2v) is 4.46. The summed E-state index contributed by atoms with van der Waals surface area (Å²) in [5.41, 5.74) is 1.45. The predicted molar refractivity (Wildman–Crippen MR) is 56.1 cm³/mol. The van der Waals surface area contributed by atoms with Gasteiger partial charge in [-0.05, 0) is 44.9 Å². The molecule has 0 saturated carbocycles. The van der Waals surface area contributed by atoms with Crippen LogP contribution in [0.5, 0.6) is 0 Å². The third kappa shape index (κ3) is 2.82. The van der Waals surface area contributed by atoms with Gasteiger partial charge in [-0.25, -0.2) is 0 Å². The number of aliphatic hydroxyl groups excluding tert-OH is 1. The third-order valence-corrected chi connectivity index (χ3v) is 3.24. The molecule has 0 radical (unpaired) electrons. The Morgan fingerprint density at radius 2 is 2.36 bits per heavy atom. The van der Waals surface area contributed by atoms with Crippen LogP contribution in [-0.4, -0.2) is 23.9 Å². The molecule has 2 heteroatoms. The van der Waals surface area contributed by atoms with Crippen LogP contribution in [0.2, 0.25) is 0 Å². The van der Waals surface area contributed by atoms with E-state index in [0.29, 0.717) is 6.10 Å². The lowest BCUT2D eigenvalue weighted by Crippen LogP contribution is -2.03. The molecule has 2 unspecified atom stereocenters. The van der Waals surface area contributed by atoms with Gasteiger partial charge in [0, 0.05) is 6.61 Å². The fourth-order valence-corrected chi connectivity index (χ4v) is 2.41. The lowest BCUT2D eigenvalue weighted by atomic mass is 10.0. The van der Waals surface area contributed by atoms with Crippen LogP contribution in [-0.2, 0) is 4.74 Å². The highest BCUT2D eigenvalue weighted by Crippen LogP contribution is 2.25. The molecule has 0 aromatic carbocycles. The van der Waals surface area contributed by atoms with Crippen molar-refractivity contribution in [1.29, 1.82) is 0 Å². The first-order valence-electron chi connectivity index (χ1n) is 5.84. The molecule has 0 aromatic heterocycles. The van der Waals surface area contributed by atoms with Gasteiger partial charge in [-0.3, -0.25) is 0 Å². The Morgan fingerprint density at radius 1 is 1.43 bits per heavy atom. The summed E-state index contributed by atoms with van der Waals surface area (Å²) in [6, 6.07) is 0. The van der Waals surface area contributed by atoms with E-state index < -0.39 is 0 Å². The quantitative estimate of drug-likeness (QED) is 0.700. The topological polar surface area (TPSA) is 29.5 Å². The molecule has 2 aliphatic rings. The van der Waals surface area contributed by atoms with E-state index >= 15 is 0 Å². The van der Waals surface area contributed by atoms with Crippen molar-refractivity contribution < 1.29 is 9.84 Å². The Bertz CT molecular complexity index is 204. The number of hydrogen-bond donors (Lipinski definition) is 1. The van der Waals surface area contributed by atoms with Gasteiger partial charge in [-0.15, -0.1) is 0 Å². The summed E-state index contributed by atoms with van der Waals surface area (Å²) in [5, 5.41) is 9.31. The number of ether oxygens (including phenoxy) is 1. The Labute approximate surface area is 86.0 Å². The van der Waals surface area contributed by atoms with E-state index in [4.69, 9.17) is 4.74 Å². The molecule has 14 heavy (non-hydrogen) atoms. The second kappa shape index (κ2) is 4.94. The summed E-state index contributed by atoms with van der Waals surface area (Å²) in [7, 11) is 0. The fraction of sp³-hybridized carbons (Fsp3) is 0.833. The van der Waals surface area contributed by atoms with E-state index in [9.17, 15) is 5.11 Å². The maximum absolute atomic E-state index is 9.31. The van der Waals surface area contributed by atoms with E-state index in [1.54, 1.807) is 0 Å². The molecular formula is C12H20O2. The zero-order valence-corrected chi connectivity index (χ0v) is 8.74. The minimum absolute atomic E-state index is 0.160. The first kappa shape index (κ1) is 10.2. The highest BCUT2D eigenvalue weighted by molar-refractivity contribution is 5.11. The number of allylic oxidation sites excluding steroid dienone is 1. The monoisotopic (exact) mass is 196 g/mol. The van der Waals surface area contributed by atoms with E-state index in [2.05, 4.69) is 0 Å². The maximum Gasteiger partial charge on any atom is 0.0726 e. The van der Waals surface area contributed by atoms with Crippen molar-refractivity contribution in [3.63, 3.8) is 0 Å². The molecule has 1 saturated heterocycles. The van der Waals surface area contributed by atoms with Crippen LogP contribution in [0, 0.1) is 0 Å². The molecule has 0 amide bonds. The Hall–Kier alpha value is -0.340. The predicted octanol–water partition coefficient (Wildman–Crippen LogP) is 2.42. The van der Waals surface area contributed by atoms with Gasteiger partial charge in [0.05, 0.1) is 12.2 Å². The van der Waals surface area contributed by atoms with Crippen molar-refractivity contribution in [3.05, 3.63) is 11.6 Å². The molecule has 1 heterocycles. The molecule has 1 aliphatic carbocycles. The maximum atomic E-state index is 9.31. The highest BCUT2D eigenvalue weighted by Gasteiger charge is 2.16. The molecule has 0 spiro atoms. The van der Waals surface area contributed by atoms with Crippen LogP contribution in [0.4, 0.5) is 0 Å².